The van der Waals surface area contributed by atoms with Gasteiger partial charge in [0.2, 0.25) is 5.78 Å². The average Bonchev–Trinajstić information content (AvgIpc) is 3.05. The second-order valence-electron chi connectivity index (χ2n) is 7.28. The Morgan fingerprint density at radius 1 is 1.21 bits per heavy atom. The summed E-state index contributed by atoms with van der Waals surface area (Å²) in [4.78, 5) is 44.1. The van der Waals surface area contributed by atoms with Gasteiger partial charge in [0.15, 0.2) is 0 Å². The predicted octanol–water partition coefficient (Wildman–Crippen LogP) is 3.96. The molecular formula is C21H18BrN3O3S. The highest BCUT2D eigenvalue weighted by atomic mass is 79.9. The van der Waals surface area contributed by atoms with Gasteiger partial charge < -0.3 is 0 Å². The maximum atomic E-state index is 13.4. The van der Waals surface area contributed by atoms with Gasteiger partial charge in [0.1, 0.15) is 4.83 Å². The molecule has 0 fully saturated rings. The van der Waals surface area contributed by atoms with E-state index in [0.29, 0.717) is 31.7 Å². The SMILES string of the molecule is CC(C)Cn1c(=O)n(C)c(=O)c2c(Br)c(C(=O)c3ccnc4ccccc34)sc21. The predicted molar refractivity (Wildman–Crippen MR) is 119 cm³/mol. The zero-order valence-corrected chi connectivity index (χ0v) is 18.5. The van der Waals surface area contributed by atoms with Crippen LogP contribution in [0.3, 0.4) is 0 Å². The molecule has 0 unspecified atom stereocenters. The number of rotatable bonds is 4. The molecule has 0 atom stereocenters. The molecule has 0 aliphatic carbocycles. The summed E-state index contributed by atoms with van der Waals surface area (Å²) >= 11 is 4.64. The summed E-state index contributed by atoms with van der Waals surface area (Å²) in [6.45, 7) is 4.46. The number of para-hydroxylation sites is 1. The smallest absolute Gasteiger partial charge is 0.288 e. The first-order chi connectivity index (χ1) is 13.8. The van der Waals surface area contributed by atoms with Crippen molar-refractivity contribution in [3.8, 4) is 0 Å². The van der Waals surface area contributed by atoms with E-state index in [9.17, 15) is 14.4 Å². The number of benzene rings is 1. The minimum atomic E-state index is -0.410. The van der Waals surface area contributed by atoms with Crippen LogP contribution in [0.25, 0.3) is 21.1 Å². The summed E-state index contributed by atoms with van der Waals surface area (Å²) in [5, 5.41) is 1.11. The lowest BCUT2D eigenvalue weighted by Gasteiger charge is -2.11. The van der Waals surface area contributed by atoms with Crippen molar-refractivity contribution in [3.63, 3.8) is 0 Å². The van der Waals surface area contributed by atoms with E-state index in [1.54, 1.807) is 16.8 Å². The standard InChI is InChI=1S/C21H18BrN3O3S/c1-11(2)10-25-20-15(19(27)24(3)21(25)28)16(22)18(29-20)17(26)13-8-9-23-14-7-5-4-6-12(13)14/h4-9,11H,10H2,1-3H3. The first-order valence-electron chi connectivity index (χ1n) is 9.11. The number of hydrogen-bond donors (Lipinski definition) is 0. The molecule has 0 N–H and O–H groups in total. The average molecular weight is 472 g/mol. The molecule has 4 rings (SSSR count). The molecule has 0 spiro atoms. The van der Waals surface area contributed by atoms with Crippen molar-refractivity contribution in [1.82, 2.24) is 14.1 Å². The van der Waals surface area contributed by atoms with Crippen molar-refractivity contribution in [2.24, 2.45) is 13.0 Å². The molecule has 0 saturated carbocycles. The van der Waals surface area contributed by atoms with Crippen LogP contribution < -0.4 is 11.2 Å². The molecule has 8 heteroatoms. The molecule has 6 nitrogen and oxygen atoms in total. The number of thiophene rings is 1. The number of fused-ring (bicyclic) bond motifs is 2. The van der Waals surface area contributed by atoms with Gasteiger partial charge in [-0.25, -0.2) is 4.79 Å². The third-order valence-corrected chi connectivity index (χ3v) is 7.03. The Balaban J connectivity index is 2.01. The summed E-state index contributed by atoms with van der Waals surface area (Å²) in [5.74, 6) is -0.000144. The van der Waals surface area contributed by atoms with Crippen LogP contribution in [0.15, 0.2) is 50.6 Å². The number of carbonyl (C=O) groups is 1. The number of aromatic nitrogens is 3. The molecule has 0 aliphatic heterocycles. The Labute approximate surface area is 178 Å². The summed E-state index contributed by atoms with van der Waals surface area (Å²) in [7, 11) is 1.46. The number of carbonyl (C=O) groups excluding carboxylic acids is 1. The highest BCUT2D eigenvalue weighted by Crippen LogP contribution is 2.35. The zero-order valence-electron chi connectivity index (χ0n) is 16.1. The van der Waals surface area contributed by atoms with Gasteiger partial charge in [-0.05, 0) is 34.0 Å². The summed E-state index contributed by atoms with van der Waals surface area (Å²) in [6, 6.07) is 9.11. The fourth-order valence-corrected chi connectivity index (χ4v) is 5.44. The Morgan fingerprint density at radius 3 is 2.66 bits per heavy atom. The van der Waals surface area contributed by atoms with Crippen LogP contribution >= 0.6 is 27.3 Å². The van der Waals surface area contributed by atoms with E-state index in [0.717, 1.165) is 15.5 Å². The molecule has 0 aliphatic rings. The van der Waals surface area contributed by atoms with Crippen LogP contribution in [0.1, 0.15) is 29.1 Å². The molecule has 3 aromatic heterocycles. The minimum absolute atomic E-state index is 0.206. The molecule has 3 heterocycles. The van der Waals surface area contributed by atoms with Gasteiger partial charge in [0.05, 0.1) is 20.3 Å². The first-order valence-corrected chi connectivity index (χ1v) is 10.7. The molecule has 148 valence electrons. The molecule has 0 radical (unpaired) electrons. The summed E-state index contributed by atoms with van der Waals surface area (Å²) in [6.07, 6.45) is 1.60. The van der Waals surface area contributed by atoms with Gasteiger partial charge in [0, 0.05) is 30.7 Å². The van der Waals surface area contributed by atoms with Crippen molar-refractivity contribution in [3.05, 3.63) is 72.3 Å². The third-order valence-electron chi connectivity index (χ3n) is 4.76. The van der Waals surface area contributed by atoms with E-state index in [1.165, 1.54) is 18.4 Å². The molecule has 1 aromatic carbocycles. The highest BCUT2D eigenvalue weighted by molar-refractivity contribution is 9.10. The maximum Gasteiger partial charge on any atom is 0.331 e. The fourth-order valence-electron chi connectivity index (χ4n) is 3.39. The van der Waals surface area contributed by atoms with Crippen LogP contribution in [0.4, 0.5) is 0 Å². The van der Waals surface area contributed by atoms with Crippen LogP contribution in [0.5, 0.6) is 0 Å². The Morgan fingerprint density at radius 2 is 1.93 bits per heavy atom. The summed E-state index contributed by atoms with van der Waals surface area (Å²) < 4.78 is 3.11. The molecular weight excluding hydrogens is 454 g/mol. The van der Waals surface area contributed by atoms with Crippen molar-refractivity contribution in [1.29, 1.82) is 0 Å². The number of halogens is 1. The van der Waals surface area contributed by atoms with Crippen LogP contribution in [0, 0.1) is 5.92 Å². The van der Waals surface area contributed by atoms with Crippen molar-refractivity contribution < 1.29 is 4.79 Å². The lowest BCUT2D eigenvalue weighted by molar-refractivity contribution is 0.104. The monoisotopic (exact) mass is 471 g/mol. The number of pyridine rings is 1. The van der Waals surface area contributed by atoms with Gasteiger partial charge >= 0.3 is 5.69 Å². The van der Waals surface area contributed by atoms with Crippen LogP contribution in [-0.4, -0.2) is 19.9 Å². The number of hydrogen-bond acceptors (Lipinski definition) is 5. The topological polar surface area (TPSA) is 74.0 Å². The van der Waals surface area contributed by atoms with Gasteiger partial charge in [0.25, 0.3) is 5.56 Å². The van der Waals surface area contributed by atoms with E-state index < -0.39 is 5.56 Å². The normalized spacial score (nSPS) is 11.6. The van der Waals surface area contributed by atoms with Crippen molar-refractivity contribution >= 4 is 54.2 Å². The summed E-state index contributed by atoms with van der Waals surface area (Å²) in [5.41, 5.74) is 0.450. The van der Waals surface area contributed by atoms with E-state index >= 15 is 0 Å². The number of ketones is 1. The van der Waals surface area contributed by atoms with E-state index in [2.05, 4.69) is 20.9 Å². The largest absolute Gasteiger partial charge is 0.331 e. The van der Waals surface area contributed by atoms with Crippen molar-refractivity contribution in [2.45, 2.75) is 20.4 Å². The Kier molecular flexibility index (Phi) is 5.00. The number of nitrogens with zero attached hydrogens (tertiary/aromatic N) is 3. The van der Waals surface area contributed by atoms with Crippen LogP contribution in [-0.2, 0) is 13.6 Å². The lowest BCUT2D eigenvalue weighted by Crippen LogP contribution is -2.38. The van der Waals surface area contributed by atoms with Gasteiger partial charge in [-0.1, -0.05) is 32.0 Å². The van der Waals surface area contributed by atoms with Crippen LogP contribution in [0.2, 0.25) is 0 Å². The van der Waals surface area contributed by atoms with Crippen molar-refractivity contribution in [2.75, 3.05) is 0 Å². The minimum Gasteiger partial charge on any atom is -0.288 e. The zero-order chi connectivity index (χ0) is 20.9. The molecule has 4 aromatic rings. The van der Waals surface area contributed by atoms with Gasteiger partial charge in [-0.15, -0.1) is 11.3 Å². The van der Waals surface area contributed by atoms with E-state index in [1.807, 2.05) is 38.1 Å². The molecule has 0 amide bonds. The highest BCUT2D eigenvalue weighted by Gasteiger charge is 2.25. The molecule has 0 saturated heterocycles. The molecule has 29 heavy (non-hydrogen) atoms. The molecule has 0 bridgehead atoms. The quantitative estimate of drug-likeness (QED) is 0.422. The first kappa shape index (κ1) is 19.7. The second-order valence-corrected chi connectivity index (χ2v) is 9.07. The van der Waals surface area contributed by atoms with E-state index in [-0.39, 0.29) is 17.4 Å². The fraction of sp³-hybridized carbons (Fsp3) is 0.238. The maximum absolute atomic E-state index is 13.4. The third kappa shape index (κ3) is 3.16. The Hall–Kier alpha value is -2.58. The Bertz CT molecular complexity index is 1390. The van der Waals surface area contributed by atoms with Gasteiger partial charge in [-0.3, -0.25) is 23.7 Å². The van der Waals surface area contributed by atoms with Gasteiger partial charge in [-0.2, -0.15) is 0 Å². The second kappa shape index (κ2) is 7.35. The van der Waals surface area contributed by atoms with E-state index in [4.69, 9.17) is 0 Å². The lowest BCUT2D eigenvalue weighted by atomic mass is 10.0.